The standard InChI is InChI=1S/C19H21N5OS.ClH/c1-12-5-3-4-6-14(12)17-11-26-19(22-17)23-18(25)16-9-20-8-15(16)13-7-21-24(2)10-13;/h3-7,10-11,15-16,20H,8-9H2,1-2H3,(H,22,23,25);1H/t15-,16+;/m1./s1. The van der Waals surface area contributed by atoms with E-state index < -0.39 is 0 Å². The molecule has 0 aliphatic carbocycles. The summed E-state index contributed by atoms with van der Waals surface area (Å²) in [6, 6.07) is 8.13. The number of carbonyl (C=O) groups is 1. The molecule has 1 aliphatic rings. The highest BCUT2D eigenvalue weighted by Gasteiger charge is 2.35. The van der Waals surface area contributed by atoms with Crippen molar-refractivity contribution < 1.29 is 4.79 Å². The molecular weight excluding hydrogens is 382 g/mol. The molecule has 0 unspecified atom stereocenters. The van der Waals surface area contributed by atoms with Gasteiger partial charge < -0.3 is 10.6 Å². The molecule has 3 heterocycles. The van der Waals surface area contributed by atoms with Crippen LogP contribution in [0, 0.1) is 12.8 Å². The summed E-state index contributed by atoms with van der Waals surface area (Å²) in [4.78, 5) is 17.4. The van der Waals surface area contributed by atoms with E-state index in [1.165, 1.54) is 16.9 Å². The minimum absolute atomic E-state index is 0. The molecule has 1 fully saturated rings. The van der Waals surface area contributed by atoms with Crippen molar-refractivity contribution in [2.24, 2.45) is 13.0 Å². The topological polar surface area (TPSA) is 71.8 Å². The molecule has 0 saturated carbocycles. The Morgan fingerprint density at radius 2 is 2.15 bits per heavy atom. The van der Waals surface area contributed by atoms with Gasteiger partial charge in [-0.15, -0.1) is 23.7 Å². The molecule has 1 aliphatic heterocycles. The van der Waals surface area contributed by atoms with E-state index in [-0.39, 0.29) is 30.2 Å². The number of hydrogen-bond donors (Lipinski definition) is 2. The van der Waals surface area contributed by atoms with Gasteiger partial charge in [0.2, 0.25) is 5.91 Å². The van der Waals surface area contributed by atoms with E-state index in [1.54, 1.807) is 4.68 Å². The highest BCUT2D eigenvalue weighted by Crippen LogP contribution is 2.31. The van der Waals surface area contributed by atoms with Crippen molar-refractivity contribution in [1.82, 2.24) is 20.1 Å². The molecular formula is C19H22ClN5OS. The molecule has 142 valence electrons. The van der Waals surface area contributed by atoms with Crippen molar-refractivity contribution in [2.45, 2.75) is 12.8 Å². The zero-order chi connectivity index (χ0) is 18.1. The smallest absolute Gasteiger partial charge is 0.231 e. The van der Waals surface area contributed by atoms with E-state index >= 15 is 0 Å². The zero-order valence-electron chi connectivity index (χ0n) is 15.2. The van der Waals surface area contributed by atoms with Crippen molar-refractivity contribution in [3.63, 3.8) is 0 Å². The first kappa shape index (κ1) is 19.5. The van der Waals surface area contributed by atoms with E-state index in [4.69, 9.17) is 0 Å². The Morgan fingerprint density at radius 1 is 1.33 bits per heavy atom. The van der Waals surface area contributed by atoms with Gasteiger partial charge in [-0.1, -0.05) is 24.3 Å². The molecule has 0 spiro atoms. The molecule has 4 rings (SSSR count). The van der Waals surface area contributed by atoms with Crippen LogP contribution in [0.3, 0.4) is 0 Å². The Morgan fingerprint density at radius 3 is 2.89 bits per heavy atom. The summed E-state index contributed by atoms with van der Waals surface area (Å²) < 4.78 is 1.78. The normalized spacial score (nSPS) is 18.9. The van der Waals surface area contributed by atoms with Gasteiger partial charge in [0.15, 0.2) is 5.13 Å². The third-order valence-corrected chi connectivity index (χ3v) is 5.62. The summed E-state index contributed by atoms with van der Waals surface area (Å²) in [6.45, 7) is 3.52. The highest BCUT2D eigenvalue weighted by atomic mass is 35.5. The molecule has 2 atom stereocenters. The van der Waals surface area contributed by atoms with Crippen LogP contribution in [0.25, 0.3) is 11.3 Å². The number of benzene rings is 1. The second-order valence-corrected chi connectivity index (χ2v) is 7.52. The van der Waals surface area contributed by atoms with Gasteiger partial charge >= 0.3 is 0 Å². The predicted molar refractivity (Wildman–Crippen MR) is 110 cm³/mol. The van der Waals surface area contributed by atoms with Crippen molar-refractivity contribution in [1.29, 1.82) is 0 Å². The number of amides is 1. The maximum atomic E-state index is 12.8. The molecule has 2 aromatic heterocycles. The van der Waals surface area contributed by atoms with Crippen molar-refractivity contribution in [3.8, 4) is 11.3 Å². The lowest BCUT2D eigenvalue weighted by Crippen LogP contribution is -2.28. The minimum atomic E-state index is -0.120. The quantitative estimate of drug-likeness (QED) is 0.701. The van der Waals surface area contributed by atoms with Gasteiger partial charge in [-0.05, 0) is 18.1 Å². The SMILES string of the molecule is Cc1ccccc1-c1csc(NC(=O)[C@H]2CNC[C@@H]2c2cnn(C)c2)n1.Cl. The molecule has 2 N–H and O–H groups in total. The lowest BCUT2D eigenvalue weighted by Gasteiger charge is -2.15. The molecule has 3 aromatic rings. The summed E-state index contributed by atoms with van der Waals surface area (Å²) in [5.41, 5.74) is 4.27. The number of thiazole rings is 1. The van der Waals surface area contributed by atoms with Crippen LogP contribution in [-0.2, 0) is 11.8 Å². The van der Waals surface area contributed by atoms with Gasteiger partial charge in [0.1, 0.15) is 0 Å². The second kappa shape index (κ2) is 8.21. The molecule has 1 amide bonds. The summed E-state index contributed by atoms with van der Waals surface area (Å²) in [6.07, 6.45) is 3.83. The van der Waals surface area contributed by atoms with E-state index in [0.717, 1.165) is 23.4 Å². The number of halogens is 1. The average molecular weight is 404 g/mol. The fourth-order valence-corrected chi connectivity index (χ4v) is 4.16. The third kappa shape index (κ3) is 4.05. The van der Waals surface area contributed by atoms with Crippen molar-refractivity contribution >= 4 is 34.8 Å². The summed E-state index contributed by atoms with van der Waals surface area (Å²) >= 11 is 1.46. The molecule has 8 heteroatoms. The van der Waals surface area contributed by atoms with Gasteiger partial charge in [0.05, 0.1) is 17.8 Å². The van der Waals surface area contributed by atoms with Gasteiger partial charge in [-0.3, -0.25) is 9.48 Å². The monoisotopic (exact) mass is 403 g/mol. The van der Waals surface area contributed by atoms with Gasteiger partial charge in [-0.2, -0.15) is 5.10 Å². The Bertz CT molecular complexity index is 938. The van der Waals surface area contributed by atoms with Crippen LogP contribution in [0.1, 0.15) is 17.0 Å². The van der Waals surface area contributed by atoms with Crippen LogP contribution in [0.5, 0.6) is 0 Å². The molecule has 1 saturated heterocycles. The molecule has 27 heavy (non-hydrogen) atoms. The highest BCUT2D eigenvalue weighted by molar-refractivity contribution is 7.14. The third-order valence-electron chi connectivity index (χ3n) is 4.86. The Kier molecular flexibility index (Phi) is 5.94. The fraction of sp³-hybridized carbons (Fsp3) is 0.316. The number of nitrogens with one attached hydrogen (secondary N) is 2. The molecule has 1 aromatic carbocycles. The second-order valence-electron chi connectivity index (χ2n) is 6.66. The Hall–Kier alpha value is -2.22. The predicted octanol–water partition coefficient (Wildman–Crippen LogP) is 3.22. The van der Waals surface area contributed by atoms with Gasteiger partial charge in [0, 0.05) is 43.2 Å². The van der Waals surface area contributed by atoms with Crippen LogP contribution in [0.4, 0.5) is 5.13 Å². The number of aryl methyl sites for hydroxylation is 2. The van der Waals surface area contributed by atoms with Crippen LogP contribution in [0.15, 0.2) is 42.0 Å². The van der Waals surface area contributed by atoms with Crippen LogP contribution < -0.4 is 10.6 Å². The van der Waals surface area contributed by atoms with E-state index in [0.29, 0.717) is 11.7 Å². The molecule has 6 nitrogen and oxygen atoms in total. The van der Waals surface area contributed by atoms with E-state index in [9.17, 15) is 4.79 Å². The number of carbonyl (C=O) groups excluding carboxylic acids is 1. The lowest BCUT2D eigenvalue weighted by atomic mass is 9.90. The van der Waals surface area contributed by atoms with E-state index in [1.807, 2.05) is 37.0 Å². The number of hydrogen-bond acceptors (Lipinski definition) is 5. The van der Waals surface area contributed by atoms with Crippen molar-refractivity contribution in [2.75, 3.05) is 18.4 Å². The molecule has 0 radical (unpaired) electrons. The maximum absolute atomic E-state index is 12.8. The molecule has 0 bridgehead atoms. The lowest BCUT2D eigenvalue weighted by molar-refractivity contribution is -0.119. The Balaban J connectivity index is 0.00000210. The number of nitrogens with zero attached hydrogens (tertiary/aromatic N) is 3. The largest absolute Gasteiger partial charge is 0.315 e. The summed E-state index contributed by atoms with van der Waals surface area (Å²) in [5, 5.41) is 13.2. The number of anilines is 1. The zero-order valence-corrected chi connectivity index (χ0v) is 16.8. The van der Waals surface area contributed by atoms with Crippen LogP contribution in [0.2, 0.25) is 0 Å². The Labute approximate surface area is 168 Å². The number of rotatable bonds is 4. The van der Waals surface area contributed by atoms with Crippen molar-refractivity contribution in [3.05, 3.63) is 53.2 Å². The van der Waals surface area contributed by atoms with Crippen LogP contribution >= 0.6 is 23.7 Å². The van der Waals surface area contributed by atoms with Gasteiger partial charge in [-0.25, -0.2) is 4.98 Å². The fourth-order valence-electron chi connectivity index (χ4n) is 3.45. The number of aromatic nitrogens is 3. The maximum Gasteiger partial charge on any atom is 0.231 e. The van der Waals surface area contributed by atoms with Gasteiger partial charge in [0.25, 0.3) is 0 Å². The minimum Gasteiger partial charge on any atom is -0.315 e. The summed E-state index contributed by atoms with van der Waals surface area (Å²) in [7, 11) is 1.89. The average Bonchev–Trinajstić information content (AvgIpc) is 3.35. The van der Waals surface area contributed by atoms with Crippen LogP contribution in [-0.4, -0.2) is 33.8 Å². The summed E-state index contributed by atoms with van der Waals surface area (Å²) in [5.74, 6) is 0.0269. The first-order valence-electron chi connectivity index (χ1n) is 8.63. The first-order chi connectivity index (χ1) is 12.6. The van der Waals surface area contributed by atoms with E-state index in [2.05, 4.69) is 39.8 Å². The first-order valence-corrected chi connectivity index (χ1v) is 9.51.